The number of likely N-dealkylation sites (tertiary alicyclic amines) is 1. The van der Waals surface area contributed by atoms with Crippen molar-refractivity contribution in [3.8, 4) is 0 Å². The number of nitrogens with one attached hydrogen (secondary N) is 1. The molecule has 1 unspecified atom stereocenters. The second-order valence-electron chi connectivity index (χ2n) is 7.94. The van der Waals surface area contributed by atoms with Crippen molar-refractivity contribution < 1.29 is 29.4 Å². The number of rotatable bonds is 6. The molecular formula is C21H35N5O6. The number of carbonyl (C=O) groups excluding carboxylic acids is 2. The zero-order valence-corrected chi connectivity index (χ0v) is 18.9. The molecule has 3 rings (SSSR count). The minimum atomic E-state index is -0.250. The van der Waals surface area contributed by atoms with Gasteiger partial charge in [0.2, 0.25) is 5.91 Å². The molecule has 11 heteroatoms. The molecule has 0 saturated carbocycles. The average Bonchev–Trinajstić information content (AvgIpc) is 3.21. The molecule has 2 aliphatic rings. The van der Waals surface area contributed by atoms with Gasteiger partial charge in [-0.05, 0) is 59.2 Å². The molecule has 3 heterocycles. The van der Waals surface area contributed by atoms with Gasteiger partial charge in [-0.15, -0.1) is 0 Å². The first kappa shape index (κ1) is 27.1. The van der Waals surface area contributed by atoms with Crippen LogP contribution < -0.4 is 5.32 Å². The maximum absolute atomic E-state index is 12.7. The number of fused-ring (bicyclic) bond motifs is 1. The van der Waals surface area contributed by atoms with Crippen molar-refractivity contribution in [2.24, 2.45) is 5.92 Å². The Balaban J connectivity index is 0.000000769. The number of imidazole rings is 1. The molecule has 0 radical (unpaired) electrons. The zero-order chi connectivity index (χ0) is 23.9. The first-order valence-electron chi connectivity index (χ1n) is 10.8. The lowest BCUT2D eigenvalue weighted by atomic mass is 9.94. The molecule has 1 aromatic rings. The molecule has 0 aromatic carbocycles. The molecule has 0 aliphatic carbocycles. The maximum atomic E-state index is 12.7. The van der Waals surface area contributed by atoms with Gasteiger partial charge in [0.25, 0.3) is 18.9 Å². The van der Waals surface area contributed by atoms with E-state index in [0.29, 0.717) is 18.8 Å². The molecule has 1 fully saturated rings. The summed E-state index contributed by atoms with van der Waals surface area (Å²) < 4.78 is 2.00. The van der Waals surface area contributed by atoms with E-state index < -0.39 is 0 Å². The average molecular weight is 454 g/mol. The van der Waals surface area contributed by atoms with Gasteiger partial charge in [0.15, 0.2) is 0 Å². The van der Waals surface area contributed by atoms with Gasteiger partial charge in [-0.25, -0.2) is 4.98 Å². The summed E-state index contributed by atoms with van der Waals surface area (Å²) in [5.74, 6) is 0.197. The van der Waals surface area contributed by atoms with Crippen LogP contribution in [0.4, 0.5) is 0 Å². The number of hydrogen-bond donors (Lipinski definition) is 3. The van der Waals surface area contributed by atoms with E-state index in [0.717, 1.165) is 57.4 Å². The van der Waals surface area contributed by atoms with Crippen molar-refractivity contribution in [2.75, 3.05) is 40.3 Å². The predicted octanol–water partition coefficient (Wildman–Crippen LogP) is 0.541. The Kier molecular flexibility index (Phi) is 12.7. The number of carboxylic acid groups (broad SMARTS) is 2. The minimum absolute atomic E-state index is 0.0193. The van der Waals surface area contributed by atoms with Gasteiger partial charge in [-0.3, -0.25) is 19.2 Å². The lowest BCUT2D eigenvalue weighted by Crippen LogP contribution is -2.42. The third-order valence-corrected chi connectivity index (χ3v) is 5.39. The Hall–Kier alpha value is -2.95. The molecule has 2 amide bonds. The third-order valence-electron chi connectivity index (χ3n) is 5.39. The molecule has 3 N–H and O–H groups in total. The van der Waals surface area contributed by atoms with E-state index in [2.05, 4.69) is 15.2 Å². The molecule has 2 aliphatic heterocycles. The smallest absolute Gasteiger partial charge is 0.290 e. The Labute approximate surface area is 188 Å². The molecule has 11 nitrogen and oxygen atoms in total. The number of nitrogens with zero attached hydrogens (tertiary/aromatic N) is 4. The molecule has 180 valence electrons. The summed E-state index contributed by atoms with van der Waals surface area (Å²) in [4.78, 5) is 50.3. The van der Waals surface area contributed by atoms with E-state index in [1.54, 1.807) is 6.33 Å². The maximum Gasteiger partial charge on any atom is 0.290 e. The van der Waals surface area contributed by atoms with Crippen LogP contribution in [0.1, 0.15) is 48.3 Å². The first-order valence-corrected chi connectivity index (χ1v) is 10.8. The fraction of sp³-hybridized carbons (Fsp3) is 0.667. The third kappa shape index (κ3) is 8.66. The van der Waals surface area contributed by atoms with Crippen molar-refractivity contribution in [3.63, 3.8) is 0 Å². The summed E-state index contributed by atoms with van der Waals surface area (Å²) in [6, 6.07) is 0. The summed E-state index contributed by atoms with van der Waals surface area (Å²) in [6.07, 6.45) is 7.65. The summed E-state index contributed by atoms with van der Waals surface area (Å²) >= 11 is 0. The highest BCUT2D eigenvalue weighted by Gasteiger charge is 2.31. The zero-order valence-electron chi connectivity index (χ0n) is 18.9. The van der Waals surface area contributed by atoms with Crippen molar-refractivity contribution in [1.29, 1.82) is 0 Å². The standard InChI is InChI=1S/C19H31N5O2.2CH2O2/c1-22(2)10-6-9-20-18(25)17-16-8-7-15(13-24(16)14-21-17)19(26)23-11-4-3-5-12-23;2*2-1-3/h14-15H,3-13H2,1-2H3,(H,20,25);2*1H,(H,2,3). The summed E-state index contributed by atoms with van der Waals surface area (Å²) in [7, 11) is 4.05. The fourth-order valence-corrected chi connectivity index (χ4v) is 3.91. The van der Waals surface area contributed by atoms with Crippen LogP contribution in [0.3, 0.4) is 0 Å². The second-order valence-corrected chi connectivity index (χ2v) is 7.94. The number of piperidine rings is 1. The molecular weight excluding hydrogens is 418 g/mol. The highest BCUT2D eigenvalue weighted by Crippen LogP contribution is 2.25. The number of carbonyl (C=O) groups is 4. The Morgan fingerprint density at radius 1 is 1.19 bits per heavy atom. The largest absolute Gasteiger partial charge is 0.483 e. The van der Waals surface area contributed by atoms with E-state index in [1.165, 1.54) is 6.42 Å². The number of aromatic nitrogens is 2. The number of amides is 2. The molecule has 0 bridgehead atoms. The Bertz CT molecular complexity index is 724. The highest BCUT2D eigenvalue weighted by atomic mass is 16.3. The highest BCUT2D eigenvalue weighted by molar-refractivity contribution is 5.93. The predicted molar refractivity (Wildman–Crippen MR) is 117 cm³/mol. The molecule has 1 saturated heterocycles. The van der Waals surface area contributed by atoms with Crippen molar-refractivity contribution in [3.05, 3.63) is 17.7 Å². The van der Waals surface area contributed by atoms with Gasteiger partial charge < -0.3 is 29.9 Å². The van der Waals surface area contributed by atoms with Gasteiger partial charge in [-0.2, -0.15) is 0 Å². The Morgan fingerprint density at radius 2 is 1.81 bits per heavy atom. The van der Waals surface area contributed by atoms with Crippen LogP contribution in [-0.2, 0) is 27.3 Å². The van der Waals surface area contributed by atoms with Crippen LogP contribution in [0.5, 0.6) is 0 Å². The minimum Gasteiger partial charge on any atom is -0.483 e. The lowest BCUT2D eigenvalue weighted by molar-refractivity contribution is -0.137. The first-order chi connectivity index (χ1) is 15.4. The van der Waals surface area contributed by atoms with Crippen LogP contribution in [0, 0.1) is 5.92 Å². The second kappa shape index (κ2) is 15.0. The van der Waals surface area contributed by atoms with Crippen LogP contribution in [0.25, 0.3) is 0 Å². The van der Waals surface area contributed by atoms with E-state index in [9.17, 15) is 9.59 Å². The summed E-state index contributed by atoms with van der Waals surface area (Å²) in [5.41, 5.74) is 1.50. The van der Waals surface area contributed by atoms with E-state index in [1.807, 2.05) is 23.6 Å². The number of hydrogen-bond acceptors (Lipinski definition) is 6. The fourth-order valence-electron chi connectivity index (χ4n) is 3.91. The van der Waals surface area contributed by atoms with E-state index in [-0.39, 0.29) is 30.7 Å². The molecule has 1 atom stereocenters. The van der Waals surface area contributed by atoms with Gasteiger partial charge in [0.05, 0.1) is 17.9 Å². The van der Waals surface area contributed by atoms with Gasteiger partial charge in [-0.1, -0.05) is 0 Å². The van der Waals surface area contributed by atoms with Crippen molar-refractivity contribution >= 4 is 24.8 Å². The lowest BCUT2D eigenvalue weighted by Gasteiger charge is -2.32. The van der Waals surface area contributed by atoms with Crippen LogP contribution in [-0.4, -0.2) is 94.6 Å². The quantitative estimate of drug-likeness (QED) is 0.418. The molecule has 1 aromatic heterocycles. The molecule has 0 spiro atoms. The molecule has 32 heavy (non-hydrogen) atoms. The van der Waals surface area contributed by atoms with Crippen LogP contribution in [0.15, 0.2) is 6.33 Å². The van der Waals surface area contributed by atoms with Crippen molar-refractivity contribution in [2.45, 2.75) is 45.1 Å². The van der Waals surface area contributed by atoms with E-state index >= 15 is 0 Å². The van der Waals surface area contributed by atoms with Crippen molar-refractivity contribution in [1.82, 2.24) is 24.7 Å². The van der Waals surface area contributed by atoms with Crippen LogP contribution in [0.2, 0.25) is 0 Å². The Morgan fingerprint density at radius 3 is 2.41 bits per heavy atom. The van der Waals surface area contributed by atoms with Gasteiger partial charge in [0.1, 0.15) is 5.69 Å². The van der Waals surface area contributed by atoms with Gasteiger partial charge in [0, 0.05) is 26.2 Å². The van der Waals surface area contributed by atoms with E-state index in [4.69, 9.17) is 19.8 Å². The monoisotopic (exact) mass is 453 g/mol. The van der Waals surface area contributed by atoms with Gasteiger partial charge >= 0.3 is 0 Å². The normalized spacial score (nSPS) is 17.1. The SMILES string of the molecule is CN(C)CCCNC(=O)c1ncn2c1CCC(C(=O)N1CCCCC1)C2.O=CO.O=CO. The summed E-state index contributed by atoms with van der Waals surface area (Å²) in [5, 5.41) is 16.7. The summed E-state index contributed by atoms with van der Waals surface area (Å²) in [6.45, 7) is 3.53. The van der Waals surface area contributed by atoms with Crippen LogP contribution >= 0.6 is 0 Å². The topological polar surface area (TPSA) is 145 Å².